The Labute approximate surface area is 112 Å². The first-order valence-corrected chi connectivity index (χ1v) is 7.48. The van der Waals surface area contributed by atoms with Crippen LogP contribution in [0.25, 0.3) is 0 Å². The summed E-state index contributed by atoms with van der Waals surface area (Å²) in [7, 11) is 0. The minimum atomic E-state index is 0.346. The highest BCUT2D eigenvalue weighted by Gasteiger charge is 2.29. The summed E-state index contributed by atoms with van der Waals surface area (Å²) in [6.45, 7) is 11.7. The molecule has 0 spiro atoms. The van der Waals surface area contributed by atoms with E-state index in [0.717, 1.165) is 26.1 Å². The van der Waals surface area contributed by atoms with Crippen molar-refractivity contribution in [3.63, 3.8) is 0 Å². The maximum absolute atomic E-state index is 12.0. The van der Waals surface area contributed by atoms with Gasteiger partial charge in [-0.25, -0.2) is 0 Å². The topological polar surface area (TPSA) is 32.3 Å². The van der Waals surface area contributed by atoms with Gasteiger partial charge in [0.2, 0.25) is 5.91 Å². The van der Waals surface area contributed by atoms with Crippen LogP contribution in [-0.4, -0.2) is 36.5 Å². The van der Waals surface area contributed by atoms with Crippen molar-refractivity contribution < 1.29 is 4.79 Å². The average Bonchev–Trinajstić information content (AvgIpc) is 2.35. The largest absolute Gasteiger partial charge is 0.343 e. The van der Waals surface area contributed by atoms with E-state index in [1.54, 1.807) is 0 Å². The van der Waals surface area contributed by atoms with Crippen molar-refractivity contribution in [2.24, 2.45) is 5.41 Å². The third kappa shape index (κ3) is 4.97. The summed E-state index contributed by atoms with van der Waals surface area (Å²) in [6.07, 6.45) is 5.22. The van der Waals surface area contributed by atoms with Crippen molar-refractivity contribution in [2.75, 3.05) is 19.6 Å². The highest BCUT2D eigenvalue weighted by Crippen LogP contribution is 2.33. The van der Waals surface area contributed by atoms with Crippen LogP contribution in [0.1, 0.15) is 59.8 Å². The summed E-state index contributed by atoms with van der Waals surface area (Å²) in [5.74, 6) is 0.346. The Bertz CT molecular complexity index is 255. The number of piperidine rings is 1. The minimum absolute atomic E-state index is 0.346. The molecule has 1 saturated heterocycles. The van der Waals surface area contributed by atoms with E-state index in [2.05, 4.69) is 37.9 Å². The number of carbonyl (C=O) groups is 1. The number of carbonyl (C=O) groups excluding carboxylic acids is 1. The lowest BCUT2D eigenvalue weighted by Crippen LogP contribution is -2.42. The van der Waals surface area contributed by atoms with Gasteiger partial charge in [0.15, 0.2) is 0 Å². The summed E-state index contributed by atoms with van der Waals surface area (Å²) < 4.78 is 0. The van der Waals surface area contributed by atoms with Gasteiger partial charge in [-0.1, -0.05) is 34.1 Å². The molecular formula is C15H30N2O. The molecule has 0 aliphatic carbocycles. The Hall–Kier alpha value is -0.570. The van der Waals surface area contributed by atoms with Crippen LogP contribution < -0.4 is 5.32 Å². The van der Waals surface area contributed by atoms with Crippen LogP contribution in [0.3, 0.4) is 0 Å². The fourth-order valence-electron chi connectivity index (χ4n) is 2.44. The molecule has 0 unspecified atom stereocenters. The quantitative estimate of drug-likeness (QED) is 0.739. The first-order chi connectivity index (χ1) is 8.47. The normalized spacial score (nSPS) is 19.3. The van der Waals surface area contributed by atoms with Gasteiger partial charge in [0.25, 0.3) is 0 Å². The van der Waals surface area contributed by atoms with Crippen molar-refractivity contribution in [1.82, 2.24) is 10.2 Å². The molecule has 0 aromatic heterocycles. The van der Waals surface area contributed by atoms with E-state index in [1.807, 2.05) is 0 Å². The van der Waals surface area contributed by atoms with Gasteiger partial charge >= 0.3 is 0 Å². The lowest BCUT2D eigenvalue weighted by atomic mass is 9.78. The Morgan fingerprint density at radius 3 is 2.44 bits per heavy atom. The zero-order valence-corrected chi connectivity index (χ0v) is 12.6. The lowest BCUT2D eigenvalue weighted by molar-refractivity contribution is -0.133. The van der Waals surface area contributed by atoms with E-state index >= 15 is 0 Å². The van der Waals surface area contributed by atoms with Crippen LogP contribution in [0.15, 0.2) is 0 Å². The number of rotatable bonds is 6. The predicted molar refractivity (Wildman–Crippen MR) is 76.6 cm³/mol. The molecule has 1 heterocycles. The Kier molecular flexibility index (Phi) is 6.13. The van der Waals surface area contributed by atoms with Crippen LogP contribution in [0.2, 0.25) is 0 Å². The maximum Gasteiger partial charge on any atom is 0.222 e. The third-order valence-electron chi connectivity index (χ3n) is 4.30. The van der Waals surface area contributed by atoms with E-state index in [1.165, 1.54) is 19.3 Å². The van der Waals surface area contributed by atoms with Crippen LogP contribution >= 0.6 is 0 Å². The monoisotopic (exact) mass is 254 g/mol. The molecule has 1 aliphatic heterocycles. The highest BCUT2D eigenvalue weighted by molar-refractivity contribution is 5.76. The number of likely N-dealkylation sites (tertiary alicyclic amines) is 1. The third-order valence-corrected chi connectivity index (χ3v) is 4.30. The minimum Gasteiger partial charge on any atom is -0.343 e. The summed E-state index contributed by atoms with van der Waals surface area (Å²) in [4.78, 5) is 14.1. The molecule has 1 amide bonds. The van der Waals surface area contributed by atoms with Crippen molar-refractivity contribution in [2.45, 2.75) is 65.8 Å². The fourth-order valence-corrected chi connectivity index (χ4v) is 2.44. The smallest absolute Gasteiger partial charge is 0.222 e. The van der Waals surface area contributed by atoms with E-state index in [-0.39, 0.29) is 0 Å². The molecule has 1 N–H and O–H groups in total. The summed E-state index contributed by atoms with van der Waals surface area (Å²) >= 11 is 0. The average molecular weight is 254 g/mol. The number of nitrogens with zero attached hydrogens (tertiary/aromatic N) is 1. The van der Waals surface area contributed by atoms with Crippen LogP contribution in [0.4, 0.5) is 0 Å². The lowest BCUT2D eigenvalue weighted by Gasteiger charge is -2.39. The van der Waals surface area contributed by atoms with Crippen molar-refractivity contribution in [3.8, 4) is 0 Å². The molecule has 0 aromatic carbocycles. The Morgan fingerprint density at radius 1 is 1.33 bits per heavy atom. The van der Waals surface area contributed by atoms with E-state index in [9.17, 15) is 4.79 Å². The molecule has 0 bridgehead atoms. The standard InChI is InChI=1S/C15H30N2O/c1-5-15(4)8-11-17(12-9-15)14(18)7-6-10-16-13(2)3/h13,16H,5-12H2,1-4H3. The second kappa shape index (κ2) is 7.13. The molecule has 3 nitrogen and oxygen atoms in total. The highest BCUT2D eigenvalue weighted by atomic mass is 16.2. The molecular weight excluding hydrogens is 224 g/mol. The molecule has 106 valence electrons. The molecule has 0 atom stereocenters. The van der Waals surface area contributed by atoms with Crippen molar-refractivity contribution >= 4 is 5.91 Å². The number of amides is 1. The van der Waals surface area contributed by atoms with E-state index in [0.29, 0.717) is 23.8 Å². The first kappa shape index (κ1) is 15.5. The maximum atomic E-state index is 12.0. The first-order valence-electron chi connectivity index (χ1n) is 7.48. The molecule has 1 rings (SSSR count). The molecule has 18 heavy (non-hydrogen) atoms. The van der Waals surface area contributed by atoms with Crippen molar-refractivity contribution in [3.05, 3.63) is 0 Å². The predicted octanol–water partition coefficient (Wildman–Crippen LogP) is 2.80. The summed E-state index contributed by atoms with van der Waals surface area (Å²) in [5.41, 5.74) is 0.468. The summed E-state index contributed by atoms with van der Waals surface area (Å²) in [5, 5.41) is 3.36. The molecule has 3 heteroatoms. The Morgan fingerprint density at radius 2 is 1.94 bits per heavy atom. The SMILES string of the molecule is CCC1(C)CCN(C(=O)CCCNC(C)C)CC1. The van der Waals surface area contributed by atoms with Gasteiger partial charge in [0.1, 0.15) is 0 Å². The van der Waals surface area contributed by atoms with Gasteiger partial charge in [-0.15, -0.1) is 0 Å². The summed E-state index contributed by atoms with van der Waals surface area (Å²) in [6, 6.07) is 0.514. The van der Waals surface area contributed by atoms with Gasteiger partial charge in [-0.2, -0.15) is 0 Å². The molecule has 1 aliphatic rings. The Balaban J connectivity index is 2.20. The fraction of sp³-hybridized carbons (Fsp3) is 0.933. The molecule has 0 aromatic rings. The molecule has 1 fully saturated rings. The van der Waals surface area contributed by atoms with Crippen LogP contribution in [0, 0.1) is 5.41 Å². The van der Waals surface area contributed by atoms with E-state index < -0.39 is 0 Å². The van der Waals surface area contributed by atoms with Gasteiger partial charge < -0.3 is 10.2 Å². The molecule has 0 radical (unpaired) electrons. The van der Waals surface area contributed by atoms with E-state index in [4.69, 9.17) is 0 Å². The van der Waals surface area contributed by atoms with Gasteiger partial charge in [0, 0.05) is 25.6 Å². The zero-order valence-electron chi connectivity index (χ0n) is 12.6. The van der Waals surface area contributed by atoms with Crippen molar-refractivity contribution in [1.29, 1.82) is 0 Å². The zero-order chi connectivity index (χ0) is 13.6. The van der Waals surface area contributed by atoms with Gasteiger partial charge in [0.05, 0.1) is 0 Å². The number of hydrogen-bond donors (Lipinski definition) is 1. The second-order valence-corrected chi connectivity index (χ2v) is 6.26. The second-order valence-electron chi connectivity index (χ2n) is 6.26. The number of nitrogens with one attached hydrogen (secondary N) is 1. The van der Waals surface area contributed by atoms with Crippen LogP contribution in [-0.2, 0) is 4.79 Å². The number of hydrogen-bond acceptors (Lipinski definition) is 2. The van der Waals surface area contributed by atoms with Gasteiger partial charge in [-0.05, 0) is 31.2 Å². The molecule has 0 saturated carbocycles. The van der Waals surface area contributed by atoms with Crippen LogP contribution in [0.5, 0.6) is 0 Å². The van der Waals surface area contributed by atoms with Gasteiger partial charge in [-0.3, -0.25) is 4.79 Å².